The molecular formula is C8H15N. The van der Waals surface area contributed by atoms with Crippen LogP contribution in [0.3, 0.4) is 0 Å². The quantitative estimate of drug-likeness (QED) is 0.503. The first-order valence-electron chi connectivity index (χ1n) is 3.31. The average molecular weight is 125 g/mol. The van der Waals surface area contributed by atoms with Crippen molar-refractivity contribution in [2.45, 2.75) is 27.2 Å². The second-order valence-electron chi connectivity index (χ2n) is 2.21. The van der Waals surface area contributed by atoms with E-state index in [0.29, 0.717) is 0 Å². The maximum atomic E-state index is 4.02. The van der Waals surface area contributed by atoms with Crippen molar-refractivity contribution in [1.29, 1.82) is 0 Å². The molecule has 52 valence electrons. The average Bonchev–Trinajstić information content (AvgIpc) is 1.87. The Balaban J connectivity index is 3.95. The summed E-state index contributed by atoms with van der Waals surface area (Å²) in [6.45, 7) is 6.28. The Kier molecular flexibility index (Phi) is 4.02. The molecule has 0 N–H and O–H groups in total. The fraction of sp³-hybridized carbons (Fsp3) is 0.625. The summed E-state index contributed by atoms with van der Waals surface area (Å²) >= 11 is 0. The summed E-state index contributed by atoms with van der Waals surface area (Å²) in [5.41, 5.74) is 2.49. The molecule has 0 saturated heterocycles. The zero-order chi connectivity index (χ0) is 7.28. The van der Waals surface area contributed by atoms with Gasteiger partial charge in [-0.3, -0.25) is 4.99 Å². The molecule has 0 aliphatic carbocycles. The zero-order valence-corrected chi connectivity index (χ0v) is 6.73. The molecule has 0 fully saturated rings. The molecule has 0 unspecified atom stereocenters. The number of allylic oxidation sites excluding steroid dienone is 2. The predicted molar refractivity (Wildman–Crippen MR) is 43.1 cm³/mol. The predicted octanol–water partition coefficient (Wildman–Crippen LogP) is 2.43. The summed E-state index contributed by atoms with van der Waals surface area (Å²) in [5, 5.41) is 0. The van der Waals surface area contributed by atoms with Crippen LogP contribution in [0.25, 0.3) is 0 Å². The normalized spacial score (nSPS) is 14.2. The first-order chi connectivity index (χ1) is 4.20. The van der Waals surface area contributed by atoms with E-state index in [9.17, 15) is 0 Å². The molecule has 9 heavy (non-hydrogen) atoms. The van der Waals surface area contributed by atoms with E-state index in [4.69, 9.17) is 0 Å². The summed E-state index contributed by atoms with van der Waals surface area (Å²) < 4.78 is 0. The van der Waals surface area contributed by atoms with Gasteiger partial charge >= 0.3 is 0 Å². The SMILES string of the molecule is CC/C(C)=C/C(C)=N\C. The molecule has 0 aromatic heterocycles. The maximum Gasteiger partial charge on any atom is 0.0313 e. The van der Waals surface area contributed by atoms with Crippen molar-refractivity contribution in [3.05, 3.63) is 11.6 Å². The van der Waals surface area contributed by atoms with Crippen LogP contribution in [0.5, 0.6) is 0 Å². The van der Waals surface area contributed by atoms with Gasteiger partial charge in [-0.25, -0.2) is 0 Å². The van der Waals surface area contributed by atoms with Gasteiger partial charge in [0.2, 0.25) is 0 Å². The molecule has 0 atom stereocenters. The Bertz CT molecular complexity index is 132. The molecule has 0 radical (unpaired) electrons. The van der Waals surface area contributed by atoms with Gasteiger partial charge in [0, 0.05) is 12.8 Å². The van der Waals surface area contributed by atoms with Gasteiger partial charge in [-0.05, 0) is 26.3 Å². The summed E-state index contributed by atoms with van der Waals surface area (Å²) in [4.78, 5) is 4.02. The second-order valence-corrected chi connectivity index (χ2v) is 2.21. The van der Waals surface area contributed by atoms with Gasteiger partial charge in [-0.1, -0.05) is 12.5 Å². The number of hydrogen-bond acceptors (Lipinski definition) is 1. The molecule has 0 aliphatic heterocycles. The molecule has 0 aromatic carbocycles. The van der Waals surface area contributed by atoms with Gasteiger partial charge in [0.25, 0.3) is 0 Å². The third-order valence-electron chi connectivity index (χ3n) is 1.37. The third kappa shape index (κ3) is 3.95. The number of hydrogen-bond donors (Lipinski definition) is 0. The van der Waals surface area contributed by atoms with E-state index in [0.717, 1.165) is 12.1 Å². The highest BCUT2D eigenvalue weighted by Crippen LogP contribution is 1.97. The van der Waals surface area contributed by atoms with Gasteiger partial charge in [0.05, 0.1) is 0 Å². The van der Waals surface area contributed by atoms with Crippen molar-refractivity contribution in [2.24, 2.45) is 4.99 Å². The van der Waals surface area contributed by atoms with Crippen LogP contribution in [0, 0.1) is 0 Å². The minimum Gasteiger partial charge on any atom is -0.293 e. The topological polar surface area (TPSA) is 12.4 Å². The second kappa shape index (κ2) is 4.30. The molecular weight excluding hydrogens is 110 g/mol. The van der Waals surface area contributed by atoms with Crippen molar-refractivity contribution in [3.63, 3.8) is 0 Å². The van der Waals surface area contributed by atoms with Crippen LogP contribution in [0.1, 0.15) is 27.2 Å². The Labute approximate surface area is 57.5 Å². The molecule has 1 heteroatoms. The summed E-state index contributed by atoms with van der Waals surface area (Å²) in [5.74, 6) is 0. The van der Waals surface area contributed by atoms with Crippen LogP contribution in [-0.2, 0) is 0 Å². The Morgan fingerprint density at radius 1 is 1.44 bits per heavy atom. The smallest absolute Gasteiger partial charge is 0.0313 e. The molecule has 0 aromatic rings. The maximum absolute atomic E-state index is 4.02. The minimum atomic E-state index is 1.11. The van der Waals surface area contributed by atoms with E-state index in [1.54, 1.807) is 0 Å². The van der Waals surface area contributed by atoms with Crippen LogP contribution < -0.4 is 0 Å². The molecule has 1 nitrogen and oxygen atoms in total. The van der Waals surface area contributed by atoms with Crippen LogP contribution in [0.2, 0.25) is 0 Å². The van der Waals surface area contributed by atoms with Gasteiger partial charge in [-0.15, -0.1) is 0 Å². The summed E-state index contributed by atoms with van der Waals surface area (Å²) in [7, 11) is 1.81. The summed E-state index contributed by atoms with van der Waals surface area (Å²) in [6.07, 6.45) is 3.23. The molecule has 0 aliphatic rings. The highest BCUT2D eigenvalue weighted by Gasteiger charge is 1.83. The molecule has 0 spiro atoms. The number of nitrogens with zero attached hydrogens (tertiary/aromatic N) is 1. The van der Waals surface area contributed by atoms with E-state index in [1.807, 2.05) is 14.0 Å². The van der Waals surface area contributed by atoms with E-state index in [2.05, 4.69) is 24.9 Å². The van der Waals surface area contributed by atoms with E-state index < -0.39 is 0 Å². The van der Waals surface area contributed by atoms with Crippen molar-refractivity contribution in [2.75, 3.05) is 7.05 Å². The first-order valence-corrected chi connectivity index (χ1v) is 3.31. The molecule has 0 saturated carbocycles. The van der Waals surface area contributed by atoms with Crippen molar-refractivity contribution < 1.29 is 0 Å². The highest BCUT2D eigenvalue weighted by molar-refractivity contribution is 5.93. The lowest BCUT2D eigenvalue weighted by Gasteiger charge is -1.92. The number of rotatable bonds is 2. The van der Waals surface area contributed by atoms with Gasteiger partial charge in [0.15, 0.2) is 0 Å². The zero-order valence-electron chi connectivity index (χ0n) is 6.73. The van der Waals surface area contributed by atoms with Crippen LogP contribution in [0.15, 0.2) is 16.6 Å². The van der Waals surface area contributed by atoms with Gasteiger partial charge < -0.3 is 0 Å². The van der Waals surface area contributed by atoms with Crippen LogP contribution in [0.4, 0.5) is 0 Å². The van der Waals surface area contributed by atoms with Crippen molar-refractivity contribution in [3.8, 4) is 0 Å². The molecule has 0 bridgehead atoms. The van der Waals surface area contributed by atoms with Gasteiger partial charge in [-0.2, -0.15) is 0 Å². The highest BCUT2D eigenvalue weighted by atomic mass is 14.7. The third-order valence-corrected chi connectivity index (χ3v) is 1.37. The van der Waals surface area contributed by atoms with Crippen LogP contribution in [-0.4, -0.2) is 12.8 Å². The van der Waals surface area contributed by atoms with Crippen molar-refractivity contribution in [1.82, 2.24) is 0 Å². The fourth-order valence-corrected chi connectivity index (χ4v) is 0.523. The largest absolute Gasteiger partial charge is 0.293 e. The van der Waals surface area contributed by atoms with E-state index in [-0.39, 0.29) is 0 Å². The van der Waals surface area contributed by atoms with E-state index >= 15 is 0 Å². The Morgan fingerprint density at radius 3 is 2.33 bits per heavy atom. The summed E-state index contributed by atoms with van der Waals surface area (Å²) in [6, 6.07) is 0. The van der Waals surface area contributed by atoms with Crippen LogP contribution >= 0.6 is 0 Å². The number of aliphatic imine (C=N–C) groups is 1. The molecule has 0 rings (SSSR count). The van der Waals surface area contributed by atoms with Gasteiger partial charge in [0.1, 0.15) is 0 Å². The van der Waals surface area contributed by atoms with E-state index in [1.165, 1.54) is 5.57 Å². The van der Waals surface area contributed by atoms with Crippen molar-refractivity contribution >= 4 is 5.71 Å². The molecule has 0 amide bonds. The fourth-order valence-electron chi connectivity index (χ4n) is 0.523. The monoisotopic (exact) mass is 125 g/mol. The lowest BCUT2D eigenvalue weighted by atomic mass is 10.2. The lowest BCUT2D eigenvalue weighted by Crippen LogP contribution is -1.85. The Morgan fingerprint density at radius 2 is 2.00 bits per heavy atom. The molecule has 0 heterocycles. The minimum absolute atomic E-state index is 1.11. The Hall–Kier alpha value is -0.590. The lowest BCUT2D eigenvalue weighted by molar-refractivity contribution is 1.10. The standard InChI is InChI=1S/C8H15N/c1-5-7(2)6-8(3)9-4/h6H,5H2,1-4H3/b7-6+,9-8-. The first kappa shape index (κ1) is 8.41.